The molecule has 1 amide bonds. The van der Waals surface area contributed by atoms with Crippen LogP contribution in [0.2, 0.25) is 0 Å². The van der Waals surface area contributed by atoms with Crippen LogP contribution in [0.4, 0.5) is 25.0 Å². The van der Waals surface area contributed by atoms with E-state index in [1.807, 2.05) is 0 Å². The predicted molar refractivity (Wildman–Crippen MR) is 91.5 cm³/mol. The number of carbonyl (C=O) groups is 1. The first-order valence-electron chi connectivity index (χ1n) is 8.41. The maximum absolute atomic E-state index is 14.6. The minimum atomic E-state index is -1.43. The number of carbonyl (C=O) groups excluding carboxylic acids is 1. The molecule has 0 spiro atoms. The second-order valence-electron chi connectivity index (χ2n) is 6.37. The zero-order valence-electron chi connectivity index (χ0n) is 14.8. The lowest BCUT2D eigenvalue weighted by Crippen LogP contribution is -2.56. The van der Waals surface area contributed by atoms with Gasteiger partial charge in [-0.05, 0) is 18.2 Å². The van der Waals surface area contributed by atoms with Crippen molar-refractivity contribution in [3.8, 4) is 0 Å². The molecule has 3 rings (SSSR count). The second kappa shape index (κ2) is 7.34. The van der Waals surface area contributed by atoms with E-state index in [4.69, 9.17) is 19.9 Å². The summed E-state index contributed by atoms with van der Waals surface area (Å²) >= 11 is 0. The van der Waals surface area contributed by atoms with Crippen LogP contribution in [0.5, 0.6) is 0 Å². The largest absolute Gasteiger partial charge is 0.443 e. The van der Waals surface area contributed by atoms with Crippen LogP contribution in [-0.4, -0.2) is 64.6 Å². The normalized spacial score (nSPS) is 25.5. The highest BCUT2D eigenvalue weighted by Crippen LogP contribution is 2.34. The average molecular weight is 371 g/mol. The summed E-state index contributed by atoms with van der Waals surface area (Å²) in [6, 6.07) is 4.39. The van der Waals surface area contributed by atoms with Crippen molar-refractivity contribution in [3.05, 3.63) is 24.0 Å². The third-order valence-electron chi connectivity index (χ3n) is 5.00. The standard InChI is InChI=1S/C17H23F2N3O4/c1-24-17(25-2)5-6-21(10-15(17)19)14-4-3-11(7-13(14)18)22-9-12(8-20)26-16(22)23/h3-4,7,12,15H,5-6,8-10,20H2,1-2H3. The first-order chi connectivity index (χ1) is 12.4. The van der Waals surface area contributed by atoms with Crippen LogP contribution < -0.4 is 15.5 Å². The number of nitrogens with two attached hydrogens (primary N) is 1. The number of rotatable bonds is 5. The molecule has 7 nitrogen and oxygen atoms in total. The Balaban J connectivity index is 1.76. The number of cyclic esters (lactones) is 1. The molecule has 2 unspecified atom stereocenters. The molecule has 9 heteroatoms. The minimum absolute atomic E-state index is 0.0566. The number of hydrogen-bond acceptors (Lipinski definition) is 6. The van der Waals surface area contributed by atoms with Crippen LogP contribution in [0.25, 0.3) is 0 Å². The molecule has 0 bridgehead atoms. The van der Waals surface area contributed by atoms with E-state index in [2.05, 4.69) is 0 Å². The Bertz CT molecular complexity index is 671. The third-order valence-corrected chi connectivity index (χ3v) is 5.00. The fourth-order valence-corrected chi connectivity index (χ4v) is 3.41. The molecular formula is C17H23F2N3O4. The van der Waals surface area contributed by atoms with E-state index in [1.165, 1.54) is 31.3 Å². The van der Waals surface area contributed by atoms with Crippen molar-refractivity contribution < 1.29 is 27.8 Å². The molecule has 0 saturated carbocycles. The van der Waals surface area contributed by atoms with Crippen molar-refractivity contribution in [1.29, 1.82) is 0 Å². The molecule has 2 aliphatic heterocycles. The lowest BCUT2D eigenvalue weighted by molar-refractivity contribution is -0.249. The van der Waals surface area contributed by atoms with Gasteiger partial charge in [0, 0.05) is 33.7 Å². The molecule has 0 aliphatic carbocycles. The maximum Gasteiger partial charge on any atom is 0.414 e. The zero-order valence-corrected chi connectivity index (χ0v) is 14.8. The first-order valence-corrected chi connectivity index (χ1v) is 8.41. The van der Waals surface area contributed by atoms with Crippen molar-refractivity contribution in [1.82, 2.24) is 0 Å². The summed E-state index contributed by atoms with van der Waals surface area (Å²) in [5, 5.41) is 0. The third kappa shape index (κ3) is 3.22. The van der Waals surface area contributed by atoms with Gasteiger partial charge in [-0.15, -0.1) is 0 Å². The molecule has 144 valence electrons. The average Bonchev–Trinajstić information content (AvgIpc) is 3.03. The Morgan fingerprint density at radius 2 is 2.08 bits per heavy atom. The Kier molecular flexibility index (Phi) is 5.31. The van der Waals surface area contributed by atoms with Crippen LogP contribution in [0.15, 0.2) is 18.2 Å². The van der Waals surface area contributed by atoms with E-state index >= 15 is 0 Å². The van der Waals surface area contributed by atoms with E-state index in [0.717, 1.165) is 0 Å². The van der Waals surface area contributed by atoms with Gasteiger partial charge in [-0.25, -0.2) is 13.6 Å². The Morgan fingerprint density at radius 3 is 2.62 bits per heavy atom. The smallest absolute Gasteiger partial charge is 0.414 e. The van der Waals surface area contributed by atoms with Gasteiger partial charge < -0.3 is 24.8 Å². The number of piperidine rings is 1. The van der Waals surface area contributed by atoms with Gasteiger partial charge in [0.2, 0.25) is 5.79 Å². The SMILES string of the molecule is COC1(OC)CCN(c2ccc(N3CC(CN)OC3=O)cc2F)CC1F. The number of ether oxygens (including phenoxy) is 3. The van der Waals surface area contributed by atoms with Gasteiger partial charge in [-0.3, -0.25) is 4.90 Å². The Labute approximate surface area is 150 Å². The summed E-state index contributed by atoms with van der Waals surface area (Å²) in [5.41, 5.74) is 6.15. The molecule has 26 heavy (non-hydrogen) atoms. The first kappa shape index (κ1) is 18.8. The quantitative estimate of drug-likeness (QED) is 0.793. The summed E-state index contributed by atoms with van der Waals surface area (Å²) < 4.78 is 44.6. The van der Waals surface area contributed by atoms with Crippen molar-refractivity contribution in [2.24, 2.45) is 5.73 Å². The van der Waals surface area contributed by atoms with E-state index in [9.17, 15) is 13.6 Å². The number of methoxy groups -OCH3 is 2. The summed E-state index contributed by atoms with van der Waals surface area (Å²) in [6.45, 7) is 0.794. The summed E-state index contributed by atoms with van der Waals surface area (Å²) in [4.78, 5) is 14.8. The van der Waals surface area contributed by atoms with E-state index < -0.39 is 30.0 Å². The van der Waals surface area contributed by atoms with Gasteiger partial charge in [0.05, 0.1) is 24.5 Å². The number of alkyl halides is 1. The van der Waals surface area contributed by atoms with Crippen molar-refractivity contribution >= 4 is 17.5 Å². The van der Waals surface area contributed by atoms with Crippen LogP contribution in [0.3, 0.4) is 0 Å². The monoisotopic (exact) mass is 371 g/mol. The van der Waals surface area contributed by atoms with Gasteiger partial charge in [-0.1, -0.05) is 0 Å². The second-order valence-corrected chi connectivity index (χ2v) is 6.37. The lowest BCUT2D eigenvalue weighted by Gasteiger charge is -2.43. The predicted octanol–water partition coefficient (Wildman–Crippen LogP) is 1.65. The van der Waals surface area contributed by atoms with Crippen LogP contribution in [0, 0.1) is 5.82 Å². The molecule has 1 aromatic rings. The molecule has 2 atom stereocenters. The summed E-state index contributed by atoms with van der Waals surface area (Å²) in [5.74, 6) is -1.84. The molecule has 2 aliphatic rings. The number of halogens is 2. The summed E-state index contributed by atoms with van der Waals surface area (Å²) in [7, 11) is 2.79. The topological polar surface area (TPSA) is 77.3 Å². The Hall–Kier alpha value is -1.97. The molecular weight excluding hydrogens is 348 g/mol. The Morgan fingerprint density at radius 1 is 1.35 bits per heavy atom. The minimum Gasteiger partial charge on any atom is -0.443 e. The number of benzene rings is 1. The van der Waals surface area contributed by atoms with Gasteiger partial charge in [0.25, 0.3) is 0 Å². The zero-order chi connectivity index (χ0) is 18.9. The van der Waals surface area contributed by atoms with Gasteiger partial charge in [0.15, 0.2) is 6.17 Å². The molecule has 2 fully saturated rings. The number of hydrogen-bond donors (Lipinski definition) is 1. The van der Waals surface area contributed by atoms with Crippen LogP contribution >= 0.6 is 0 Å². The molecule has 2 heterocycles. The number of anilines is 2. The van der Waals surface area contributed by atoms with E-state index in [0.29, 0.717) is 12.2 Å². The highest BCUT2D eigenvalue weighted by Gasteiger charge is 2.45. The van der Waals surface area contributed by atoms with Gasteiger partial charge >= 0.3 is 6.09 Å². The van der Waals surface area contributed by atoms with E-state index in [-0.39, 0.29) is 31.7 Å². The number of nitrogens with zero attached hydrogens (tertiary/aromatic N) is 2. The molecule has 0 radical (unpaired) electrons. The van der Waals surface area contributed by atoms with E-state index in [1.54, 1.807) is 11.0 Å². The van der Waals surface area contributed by atoms with Crippen LogP contribution in [0.1, 0.15) is 6.42 Å². The highest BCUT2D eigenvalue weighted by atomic mass is 19.1. The molecule has 1 aromatic carbocycles. The van der Waals surface area contributed by atoms with Gasteiger partial charge in [0.1, 0.15) is 11.9 Å². The molecule has 2 N–H and O–H groups in total. The number of amides is 1. The van der Waals surface area contributed by atoms with Crippen molar-refractivity contribution in [2.45, 2.75) is 24.5 Å². The van der Waals surface area contributed by atoms with Crippen LogP contribution in [-0.2, 0) is 14.2 Å². The lowest BCUT2D eigenvalue weighted by atomic mass is 10.0. The molecule has 2 saturated heterocycles. The fraction of sp³-hybridized carbons (Fsp3) is 0.588. The van der Waals surface area contributed by atoms with Gasteiger partial charge in [-0.2, -0.15) is 0 Å². The fourth-order valence-electron chi connectivity index (χ4n) is 3.41. The highest BCUT2D eigenvalue weighted by molar-refractivity contribution is 5.90. The van der Waals surface area contributed by atoms with Crippen molar-refractivity contribution in [3.63, 3.8) is 0 Å². The maximum atomic E-state index is 14.6. The molecule has 0 aromatic heterocycles. The van der Waals surface area contributed by atoms with Crippen molar-refractivity contribution in [2.75, 3.05) is 50.2 Å². The summed E-state index contributed by atoms with van der Waals surface area (Å²) in [6.07, 6.45) is -2.13.